The lowest BCUT2D eigenvalue weighted by Crippen LogP contribution is -2.51. The first-order valence-electron chi connectivity index (χ1n) is 8.29. The summed E-state index contributed by atoms with van der Waals surface area (Å²) in [6.07, 6.45) is 6.37. The van der Waals surface area contributed by atoms with Gasteiger partial charge in [-0.05, 0) is 36.8 Å². The molecule has 3 rings (SSSR count). The molecule has 0 aromatic heterocycles. The monoisotopic (exact) mass is 336 g/mol. The van der Waals surface area contributed by atoms with Crippen molar-refractivity contribution in [3.63, 3.8) is 0 Å². The van der Waals surface area contributed by atoms with Gasteiger partial charge >= 0.3 is 6.03 Å². The van der Waals surface area contributed by atoms with Crippen molar-refractivity contribution in [3.8, 4) is 0 Å². The van der Waals surface area contributed by atoms with Gasteiger partial charge in [-0.2, -0.15) is 0 Å². The van der Waals surface area contributed by atoms with Gasteiger partial charge in [-0.3, -0.25) is 0 Å². The summed E-state index contributed by atoms with van der Waals surface area (Å²) in [6, 6.07) is 7.62. The number of amides is 2. The highest BCUT2D eigenvalue weighted by Gasteiger charge is 2.34. The molecule has 6 heteroatoms. The highest BCUT2D eigenvalue weighted by molar-refractivity contribution is 7.91. The molecule has 5 nitrogen and oxygen atoms in total. The number of nitrogens with one attached hydrogen (secondary N) is 2. The van der Waals surface area contributed by atoms with Crippen molar-refractivity contribution in [2.24, 2.45) is 0 Å². The second-order valence-corrected chi connectivity index (χ2v) is 8.93. The maximum atomic E-state index is 12.3. The summed E-state index contributed by atoms with van der Waals surface area (Å²) < 4.78 is 23.8. The summed E-state index contributed by atoms with van der Waals surface area (Å²) in [5.74, 6) is 0. The highest BCUT2D eigenvalue weighted by atomic mass is 32.2. The van der Waals surface area contributed by atoms with Gasteiger partial charge in [0.05, 0.1) is 11.3 Å². The van der Waals surface area contributed by atoms with Gasteiger partial charge in [0.25, 0.3) is 0 Å². The van der Waals surface area contributed by atoms with Crippen LogP contribution in [0.5, 0.6) is 0 Å². The fraction of sp³-hybridized carbons (Fsp3) is 0.588. The number of hydrogen-bond acceptors (Lipinski definition) is 3. The molecule has 1 aromatic rings. The van der Waals surface area contributed by atoms with Gasteiger partial charge in [-0.15, -0.1) is 0 Å². The third-order valence-corrected chi connectivity index (χ3v) is 6.67. The van der Waals surface area contributed by atoms with Crippen molar-refractivity contribution in [2.75, 3.05) is 6.26 Å². The van der Waals surface area contributed by atoms with Crippen molar-refractivity contribution in [2.45, 2.75) is 55.9 Å². The third-order valence-electron chi connectivity index (χ3n) is 5.01. The van der Waals surface area contributed by atoms with Crippen LogP contribution in [0.4, 0.5) is 4.79 Å². The molecule has 2 amide bonds. The Balaban J connectivity index is 1.63. The molecule has 3 atom stereocenters. The summed E-state index contributed by atoms with van der Waals surface area (Å²) in [5.41, 5.74) is 2.45. The molecule has 0 spiro atoms. The predicted octanol–water partition coefficient (Wildman–Crippen LogP) is 2.33. The van der Waals surface area contributed by atoms with E-state index in [0.29, 0.717) is 6.42 Å². The Morgan fingerprint density at radius 3 is 2.61 bits per heavy atom. The summed E-state index contributed by atoms with van der Waals surface area (Å²) in [5, 5.41) is 5.45. The van der Waals surface area contributed by atoms with Gasteiger partial charge in [-0.1, -0.05) is 37.1 Å². The number of hydrogen-bond donors (Lipinski definition) is 2. The Bertz CT molecular complexity index is 687. The number of carbonyl (C=O) groups is 1. The number of rotatable bonds is 3. The molecule has 0 aliphatic heterocycles. The van der Waals surface area contributed by atoms with Crippen LogP contribution in [0.15, 0.2) is 24.3 Å². The average Bonchev–Trinajstić information content (AvgIpc) is 2.90. The van der Waals surface area contributed by atoms with E-state index >= 15 is 0 Å². The molecule has 0 saturated heterocycles. The van der Waals surface area contributed by atoms with Gasteiger partial charge in [0.2, 0.25) is 0 Å². The average molecular weight is 336 g/mol. The molecule has 0 unspecified atom stereocenters. The molecule has 126 valence electrons. The number of carbonyl (C=O) groups excluding carboxylic acids is 1. The first-order chi connectivity index (χ1) is 10.9. The zero-order valence-corrected chi connectivity index (χ0v) is 14.2. The molecule has 2 aliphatic rings. The highest BCUT2D eigenvalue weighted by Crippen LogP contribution is 2.30. The van der Waals surface area contributed by atoms with E-state index in [9.17, 15) is 13.2 Å². The first-order valence-corrected chi connectivity index (χ1v) is 10.2. The van der Waals surface area contributed by atoms with Crippen molar-refractivity contribution < 1.29 is 13.2 Å². The second kappa shape index (κ2) is 6.51. The largest absolute Gasteiger partial charge is 0.334 e. The molecule has 2 aliphatic carbocycles. The Labute approximate surface area is 137 Å². The van der Waals surface area contributed by atoms with E-state index < -0.39 is 15.1 Å². The predicted molar refractivity (Wildman–Crippen MR) is 90.1 cm³/mol. The summed E-state index contributed by atoms with van der Waals surface area (Å²) in [6.45, 7) is 0. The summed E-state index contributed by atoms with van der Waals surface area (Å²) in [7, 11) is -3.14. The standard InChI is InChI=1S/C17H24N2O3S/c1-23(21,22)16-9-5-4-8-15(16)19-17(20)18-14-11-10-12-6-2-3-7-13(12)14/h2-3,6-7,14-16H,4-5,8-11H2,1H3,(H2,18,19,20)/t14-,15-,16-/m1/s1. The Morgan fingerprint density at radius 1 is 1.09 bits per heavy atom. The molecule has 1 aromatic carbocycles. The van der Waals surface area contributed by atoms with E-state index in [1.54, 1.807) is 0 Å². The van der Waals surface area contributed by atoms with E-state index in [1.165, 1.54) is 17.4 Å². The number of urea groups is 1. The molecule has 1 saturated carbocycles. The van der Waals surface area contributed by atoms with Crippen LogP contribution in [-0.4, -0.2) is 32.0 Å². The van der Waals surface area contributed by atoms with Crippen molar-refractivity contribution >= 4 is 15.9 Å². The van der Waals surface area contributed by atoms with Crippen LogP contribution in [0, 0.1) is 0 Å². The van der Waals surface area contributed by atoms with Gasteiger partial charge < -0.3 is 10.6 Å². The molecule has 0 bridgehead atoms. The van der Waals surface area contributed by atoms with E-state index in [-0.39, 0.29) is 18.1 Å². The van der Waals surface area contributed by atoms with E-state index in [4.69, 9.17) is 0 Å². The third kappa shape index (κ3) is 3.68. The van der Waals surface area contributed by atoms with Crippen molar-refractivity contribution in [1.82, 2.24) is 10.6 Å². The lowest BCUT2D eigenvalue weighted by Gasteiger charge is -2.31. The molecular formula is C17H24N2O3S. The molecule has 2 N–H and O–H groups in total. The van der Waals surface area contributed by atoms with E-state index in [2.05, 4.69) is 16.7 Å². The number of sulfone groups is 1. The number of benzene rings is 1. The minimum atomic E-state index is -3.14. The lowest BCUT2D eigenvalue weighted by molar-refractivity contribution is 0.229. The smallest absolute Gasteiger partial charge is 0.315 e. The number of fused-ring (bicyclic) bond motifs is 1. The van der Waals surface area contributed by atoms with Crippen LogP contribution >= 0.6 is 0 Å². The normalized spacial score (nSPS) is 27.3. The fourth-order valence-electron chi connectivity index (χ4n) is 3.85. The zero-order valence-electron chi connectivity index (χ0n) is 13.4. The van der Waals surface area contributed by atoms with Crippen molar-refractivity contribution in [3.05, 3.63) is 35.4 Å². The van der Waals surface area contributed by atoms with Crippen LogP contribution < -0.4 is 10.6 Å². The maximum absolute atomic E-state index is 12.3. The summed E-state index contributed by atoms with van der Waals surface area (Å²) in [4.78, 5) is 12.3. The maximum Gasteiger partial charge on any atom is 0.315 e. The first kappa shape index (κ1) is 16.3. The Kier molecular flexibility index (Phi) is 4.62. The van der Waals surface area contributed by atoms with E-state index in [1.807, 2.05) is 18.2 Å². The van der Waals surface area contributed by atoms with Gasteiger partial charge in [0, 0.05) is 12.3 Å². The quantitative estimate of drug-likeness (QED) is 0.889. The Hall–Kier alpha value is -1.56. The van der Waals surface area contributed by atoms with Gasteiger partial charge in [-0.25, -0.2) is 13.2 Å². The van der Waals surface area contributed by atoms with Gasteiger partial charge in [0.15, 0.2) is 9.84 Å². The Morgan fingerprint density at radius 2 is 1.83 bits per heavy atom. The molecule has 0 heterocycles. The molecule has 0 radical (unpaired) electrons. The number of aryl methyl sites for hydroxylation is 1. The van der Waals surface area contributed by atoms with Crippen LogP contribution in [0.2, 0.25) is 0 Å². The topological polar surface area (TPSA) is 75.3 Å². The van der Waals surface area contributed by atoms with Crippen molar-refractivity contribution in [1.29, 1.82) is 0 Å². The SMILES string of the molecule is CS(=O)(=O)[C@@H]1CCCC[C@H]1NC(=O)N[C@@H]1CCc2ccccc21. The van der Waals surface area contributed by atoms with Crippen LogP contribution in [-0.2, 0) is 16.3 Å². The zero-order chi connectivity index (χ0) is 16.4. The summed E-state index contributed by atoms with van der Waals surface area (Å²) >= 11 is 0. The molecule has 23 heavy (non-hydrogen) atoms. The minimum Gasteiger partial charge on any atom is -0.334 e. The van der Waals surface area contributed by atoms with Crippen LogP contribution in [0.3, 0.4) is 0 Å². The molecular weight excluding hydrogens is 312 g/mol. The van der Waals surface area contributed by atoms with Crippen LogP contribution in [0.25, 0.3) is 0 Å². The van der Waals surface area contributed by atoms with Crippen LogP contribution in [0.1, 0.15) is 49.3 Å². The lowest BCUT2D eigenvalue weighted by atomic mass is 9.95. The minimum absolute atomic E-state index is 0.0199. The van der Waals surface area contributed by atoms with E-state index in [0.717, 1.165) is 32.1 Å². The second-order valence-electron chi connectivity index (χ2n) is 6.67. The molecule has 1 fully saturated rings. The fourth-order valence-corrected chi connectivity index (χ4v) is 5.25. The van der Waals surface area contributed by atoms with Gasteiger partial charge in [0.1, 0.15) is 0 Å².